The number of fused-ring (bicyclic) bond motifs is 2. The Hall–Kier alpha value is -3.38. The van der Waals surface area contributed by atoms with Crippen molar-refractivity contribution < 1.29 is 8.42 Å². The summed E-state index contributed by atoms with van der Waals surface area (Å²) in [6.45, 7) is 3.13. The average Bonchev–Trinajstić information content (AvgIpc) is 3.19. The van der Waals surface area contributed by atoms with E-state index >= 15 is 0 Å². The molecule has 0 radical (unpaired) electrons. The number of benzene rings is 3. The number of nitrogens with zero attached hydrogens (tertiary/aromatic N) is 3. The van der Waals surface area contributed by atoms with Gasteiger partial charge in [-0.05, 0) is 48.1 Å². The lowest BCUT2D eigenvalue weighted by Crippen LogP contribution is -2.32. The Balaban J connectivity index is 1.65. The van der Waals surface area contributed by atoms with E-state index in [0.717, 1.165) is 34.9 Å². The standard InChI is InChI=1S/C26H25N3O2S/c1-19-24-11-7-6-8-22(24)17-27-26(19)29(32(30,31)23-9-4-3-5-10-23)18-20-12-13-21-14-15-28(2)25(21)16-20/h3-13,16-17H,14-15,18H2,1-2H3. The van der Waals surface area contributed by atoms with Crippen LogP contribution in [0.1, 0.15) is 16.7 Å². The first-order valence-corrected chi connectivity index (χ1v) is 12.1. The van der Waals surface area contributed by atoms with Gasteiger partial charge in [0.15, 0.2) is 0 Å². The predicted octanol–water partition coefficient (Wildman–Crippen LogP) is 4.93. The Kier molecular flexibility index (Phi) is 5.10. The summed E-state index contributed by atoms with van der Waals surface area (Å²) in [6, 6.07) is 22.7. The summed E-state index contributed by atoms with van der Waals surface area (Å²) in [5, 5.41) is 1.99. The van der Waals surface area contributed by atoms with Crippen molar-refractivity contribution in [2.75, 3.05) is 22.8 Å². The van der Waals surface area contributed by atoms with Crippen molar-refractivity contribution in [3.8, 4) is 0 Å². The molecule has 1 aromatic heterocycles. The van der Waals surface area contributed by atoms with Crippen molar-refractivity contribution in [3.05, 3.63) is 95.7 Å². The van der Waals surface area contributed by atoms with Gasteiger partial charge in [0.1, 0.15) is 5.82 Å². The molecule has 5 nitrogen and oxygen atoms in total. The van der Waals surface area contributed by atoms with Crippen LogP contribution in [0.3, 0.4) is 0 Å². The molecule has 0 saturated heterocycles. The van der Waals surface area contributed by atoms with E-state index in [-0.39, 0.29) is 11.4 Å². The van der Waals surface area contributed by atoms with Gasteiger partial charge < -0.3 is 4.90 Å². The molecule has 5 rings (SSSR count). The summed E-state index contributed by atoms with van der Waals surface area (Å²) in [5.41, 5.74) is 4.25. The van der Waals surface area contributed by atoms with Crippen LogP contribution in [-0.2, 0) is 23.0 Å². The van der Waals surface area contributed by atoms with Gasteiger partial charge in [-0.15, -0.1) is 0 Å². The summed E-state index contributed by atoms with van der Waals surface area (Å²) < 4.78 is 29.0. The molecule has 0 amide bonds. The van der Waals surface area contributed by atoms with Crippen LogP contribution >= 0.6 is 0 Å². The highest BCUT2D eigenvalue weighted by atomic mass is 32.2. The van der Waals surface area contributed by atoms with E-state index in [0.29, 0.717) is 5.82 Å². The SMILES string of the molecule is Cc1c(N(Cc2ccc3c(c2)N(C)CC3)S(=O)(=O)c2ccccc2)ncc2ccccc12. The maximum atomic E-state index is 13.8. The lowest BCUT2D eigenvalue weighted by Gasteiger charge is -2.26. The van der Waals surface area contributed by atoms with Crippen molar-refractivity contribution in [2.45, 2.75) is 24.8 Å². The highest BCUT2D eigenvalue weighted by Crippen LogP contribution is 2.33. The second-order valence-electron chi connectivity index (χ2n) is 8.25. The van der Waals surface area contributed by atoms with Gasteiger partial charge in [-0.2, -0.15) is 0 Å². The molecule has 162 valence electrons. The molecule has 0 saturated carbocycles. The molecule has 0 N–H and O–H groups in total. The van der Waals surface area contributed by atoms with Crippen LogP contribution in [0.15, 0.2) is 83.9 Å². The number of likely N-dealkylation sites (N-methyl/N-ethyl adjacent to an activating group) is 1. The third kappa shape index (κ3) is 3.50. The topological polar surface area (TPSA) is 53.5 Å². The Morgan fingerprint density at radius 3 is 2.56 bits per heavy atom. The lowest BCUT2D eigenvalue weighted by molar-refractivity contribution is 0.589. The largest absolute Gasteiger partial charge is 0.374 e. The van der Waals surface area contributed by atoms with Crippen LogP contribution in [-0.4, -0.2) is 27.0 Å². The summed E-state index contributed by atoms with van der Waals surface area (Å²) in [5.74, 6) is 0.460. The fraction of sp³-hybridized carbons (Fsp3) is 0.192. The fourth-order valence-corrected chi connectivity index (χ4v) is 5.88. The number of pyridine rings is 1. The first-order valence-electron chi connectivity index (χ1n) is 10.7. The van der Waals surface area contributed by atoms with E-state index in [1.165, 1.54) is 15.6 Å². The third-order valence-electron chi connectivity index (χ3n) is 6.20. The van der Waals surface area contributed by atoms with E-state index in [4.69, 9.17) is 0 Å². The number of sulfonamides is 1. The Morgan fingerprint density at radius 1 is 1.00 bits per heavy atom. The van der Waals surface area contributed by atoms with E-state index in [1.807, 2.05) is 43.3 Å². The van der Waals surface area contributed by atoms with Crippen molar-refractivity contribution in [1.29, 1.82) is 0 Å². The van der Waals surface area contributed by atoms with E-state index < -0.39 is 10.0 Å². The van der Waals surface area contributed by atoms with Crippen molar-refractivity contribution in [2.24, 2.45) is 0 Å². The molecule has 6 heteroatoms. The van der Waals surface area contributed by atoms with E-state index in [2.05, 4.69) is 29.1 Å². The molecule has 0 unspecified atom stereocenters. The van der Waals surface area contributed by atoms with Gasteiger partial charge in [0.05, 0.1) is 11.4 Å². The van der Waals surface area contributed by atoms with E-state index in [1.54, 1.807) is 30.5 Å². The molecule has 32 heavy (non-hydrogen) atoms. The molecular weight excluding hydrogens is 418 g/mol. The summed E-state index contributed by atoms with van der Waals surface area (Å²) in [6.07, 6.45) is 2.77. The van der Waals surface area contributed by atoms with Gasteiger partial charge in [0, 0.05) is 36.4 Å². The monoisotopic (exact) mass is 443 g/mol. The molecule has 0 spiro atoms. The first-order chi connectivity index (χ1) is 15.4. The van der Waals surface area contributed by atoms with Crippen LogP contribution in [0.4, 0.5) is 11.5 Å². The van der Waals surface area contributed by atoms with Crippen LogP contribution in [0.25, 0.3) is 10.8 Å². The van der Waals surface area contributed by atoms with Gasteiger partial charge in [-0.3, -0.25) is 0 Å². The number of rotatable bonds is 5. The number of hydrogen-bond donors (Lipinski definition) is 0. The molecule has 3 aromatic carbocycles. The van der Waals surface area contributed by atoms with Crippen molar-refractivity contribution in [3.63, 3.8) is 0 Å². The zero-order valence-corrected chi connectivity index (χ0v) is 19.0. The minimum absolute atomic E-state index is 0.213. The quantitative estimate of drug-likeness (QED) is 0.439. The van der Waals surface area contributed by atoms with Crippen molar-refractivity contribution >= 4 is 32.3 Å². The van der Waals surface area contributed by atoms with Crippen molar-refractivity contribution in [1.82, 2.24) is 4.98 Å². The predicted molar refractivity (Wildman–Crippen MR) is 130 cm³/mol. The number of anilines is 2. The summed E-state index contributed by atoms with van der Waals surface area (Å²) in [7, 11) is -1.74. The molecule has 1 aliphatic rings. The van der Waals surface area contributed by atoms with Gasteiger partial charge in [-0.1, -0.05) is 54.6 Å². The first kappa shape index (κ1) is 20.5. The fourth-order valence-electron chi connectivity index (χ4n) is 4.39. The minimum atomic E-state index is -3.81. The second kappa shape index (κ2) is 7.95. The molecule has 2 heterocycles. The Labute approximate surface area is 189 Å². The third-order valence-corrected chi connectivity index (χ3v) is 7.95. The Morgan fingerprint density at radius 2 is 1.75 bits per heavy atom. The maximum Gasteiger partial charge on any atom is 0.265 e. The van der Waals surface area contributed by atoms with Crippen LogP contribution in [0, 0.1) is 6.92 Å². The smallest absolute Gasteiger partial charge is 0.265 e. The number of hydrogen-bond acceptors (Lipinski definition) is 4. The maximum absolute atomic E-state index is 13.8. The average molecular weight is 444 g/mol. The lowest BCUT2D eigenvalue weighted by atomic mass is 10.1. The van der Waals surface area contributed by atoms with Gasteiger partial charge in [-0.25, -0.2) is 17.7 Å². The van der Waals surface area contributed by atoms with Crippen LogP contribution < -0.4 is 9.21 Å². The molecule has 0 aliphatic carbocycles. The molecule has 0 atom stereocenters. The zero-order valence-electron chi connectivity index (χ0n) is 18.2. The molecule has 0 bridgehead atoms. The molecule has 4 aromatic rings. The molecule has 1 aliphatic heterocycles. The molecule has 0 fully saturated rings. The minimum Gasteiger partial charge on any atom is -0.374 e. The van der Waals surface area contributed by atoms with Gasteiger partial charge in [0.25, 0.3) is 10.0 Å². The molecular formula is C26H25N3O2S. The summed E-state index contributed by atoms with van der Waals surface area (Å²) >= 11 is 0. The van der Waals surface area contributed by atoms with E-state index in [9.17, 15) is 8.42 Å². The number of aryl methyl sites for hydroxylation is 1. The second-order valence-corrected chi connectivity index (χ2v) is 10.1. The summed E-state index contributed by atoms with van der Waals surface area (Å²) in [4.78, 5) is 7.09. The van der Waals surface area contributed by atoms with Gasteiger partial charge in [0.2, 0.25) is 0 Å². The van der Waals surface area contributed by atoms with Crippen LogP contribution in [0.5, 0.6) is 0 Å². The zero-order chi connectivity index (χ0) is 22.3. The Bertz CT molecular complexity index is 1400. The number of aromatic nitrogens is 1. The highest BCUT2D eigenvalue weighted by molar-refractivity contribution is 7.92. The normalized spacial score (nSPS) is 13.4. The van der Waals surface area contributed by atoms with Gasteiger partial charge >= 0.3 is 0 Å². The van der Waals surface area contributed by atoms with Crippen LogP contribution in [0.2, 0.25) is 0 Å². The highest BCUT2D eigenvalue weighted by Gasteiger charge is 2.28.